The lowest BCUT2D eigenvalue weighted by molar-refractivity contribution is -0.121. The fourth-order valence-electron chi connectivity index (χ4n) is 2.90. The predicted octanol–water partition coefficient (Wildman–Crippen LogP) is 5.41. The Morgan fingerprint density at radius 3 is 2.36 bits per heavy atom. The van der Waals surface area contributed by atoms with E-state index in [0.717, 1.165) is 24.3 Å². The number of hydrogen-bond donors (Lipinski definition) is 1. The molecule has 7 heteroatoms. The van der Waals surface area contributed by atoms with Crippen LogP contribution in [0.5, 0.6) is 0 Å². The maximum atomic E-state index is 12.8. The lowest BCUT2D eigenvalue weighted by Crippen LogP contribution is -2.33. The molecule has 146 valence electrons. The Labute approximate surface area is 189 Å². The Balaban J connectivity index is 1.67. The van der Waals surface area contributed by atoms with Crippen LogP contribution in [0.2, 0.25) is 0 Å². The van der Waals surface area contributed by atoms with Crippen molar-refractivity contribution in [3.8, 4) is 0 Å². The first-order valence-electron chi connectivity index (χ1n) is 9.11. The highest BCUT2D eigenvalue weighted by Gasteiger charge is 2.31. The summed E-state index contributed by atoms with van der Waals surface area (Å²) in [5.41, 5.74) is 3.16. The summed E-state index contributed by atoms with van der Waals surface area (Å²) < 4.78 is 1.75. The number of carbonyl (C=O) groups is 1. The van der Waals surface area contributed by atoms with Crippen molar-refractivity contribution in [3.63, 3.8) is 0 Å². The second-order valence-corrected chi connectivity index (χ2v) is 9.14. The number of carbonyl (C=O) groups excluding carboxylic acids is 1. The summed E-state index contributed by atoms with van der Waals surface area (Å²) in [6, 6.07) is 16.3. The van der Waals surface area contributed by atoms with Crippen LogP contribution in [-0.4, -0.2) is 34.9 Å². The molecule has 28 heavy (non-hydrogen) atoms. The zero-order chi connectivity index (χ0) is 20.1. The second-order valence-electron chi connectivity index (χ2n) is 6.22. The lowest BCUT2D eigenvalue weighted by Gasteiger charge is -2.20. The quantitative estimate of drug-likeness (QED) is 0.299. The molecule has 0 saturated carbocycles. The van der Waals surface area contributed by atoms with Crippen molar-refractivity contribution in [2.45, 2.75) is 13.8 Å². The minimum atomic E-state index is -0.0548. The molecule has 0 bridgehead atoms. The van der Waals surface area contributed by atoms with E-state index in [9.17, 15) is 4.79 Å². The van der Waals surface area contributed by atoms with Gasteiger partial charge in [-0.15, -0.1) is 0 Å². The molecule has 2 aromatic carbocycles. The maximum absolute atomic E-state index is 12.8. The highest BCUT2D eigenvalue weighted by atomic mass is 127. The molecule has 0 aliphatic carbocycles. The van der Waals surface area contributed by atoms with Crippen molar-refractivity contribution < 1.29 is 4.79 Å². The summed E-state index contributed by atoms with van der Waals surface area (Å²) in [5.74, 6) is -0.0548. The summed E-state index contributed by atoms with van der Waals surface area (Å²) in [7, 11) is 0. The normalized spacial score (nSPS) is 15.4. The average Bonchev–Trinajstić information content (AvgIpc) is 2.96. The summed E-state index contributed by atoms with van der Waals surface area (Å²) in [6.45, 7) is 6.60. The van der Waals surface area contributed by atoms with Gasteiger partial charge in [0.1, 0.15) is 4.32 Å². The van der Waals surface area contributed by atoms with Gasteiger partial charge in [0, 0.05) is 28.0 Å². The summed E-state index contributed by atoms with van der Waals surface area (Å²) in [5, 5.41) is 3.26. The van der Waals surface area contributed by atoms with Gasteiger partial charge >= 0.3 is 0 Å². The first-order valence-corrected chi connectivity index (χ1v) is 11.4. The van der Waals surface area contributed by atoms with Gasteiger partial charge in [0.15, 0.2) is 0 Å². The van der Waals surface area contributed by atoms with E-state index in [-0.39, 0.29) is 5.91 Å². The van der Waals surface area contributed by atoms with Crippen molar-refractivity contribution in [1.82, 2.24) is 4.90 Å². The molecule has 3 rings (SSSR count). The van der Waals surface area contributed by atoms with Crippen LogP contribution < -0.4 is 10.2 Å². The number of halogens is 1. The molecule has 1 aliphatic rings. The van der Waals surface area contributed by atoms with Gasteiger partial charge in [0.25, 0.3) is 5.91 Å². The van der Waals surface area contributed by atoms with Gasteiger partial charge in [-0.1, -0.05) is 36.1 Å². The SMILES string of the molecule is CCN(CC)c1ccc(/C=C2\SC(=S)N(CNc3ccc(I)cc3)C2=O)cc1. The molecule has 0 atom stereocenters. The fourth-order valence-corrected chi connectivity index (χ4v) is 4.51. The first-order chi connectivity index (χ1) is 13.5. The Morgan fingerprint density at radius 2 is 1.75 bits per heavy atom. The van der Waals surface area contributed by atoms with E-state index in [2.05, 4.69) is 58.8 Å². The van der Waals surface area contributed by atoms with Crippen LogP contribution in [0.1, 0.15) is 19.4 Å². The zero-order valence-electron chi connectivity index (χ0n) is 15.8. The highest BCUT2D eigenvalue weighted by Crippen LogP contribution is 2.32. The molecule has 2 aromatic rings. The van der Waals surface area contributed by atoms with E-state index in [1.165, 1.54) is 21.0 Å². The standard InChI is InChI=1S/C21H22IN3OS2/c1-3-24(4-2)18-11-5-15(6-12-18)13-19-20(26)25(21(27)28-19)14-23-17-9-7-16(22)8-10-17/h5-13,23H,3-4,14H2,1-2H3/b19-13-. The van der Waals surface area contributed by atoms with Gasteiger partial charge in [-0.05, 0) is 84.5 Å². The van der Waals surface area contributed by atoms with E-state index in [1.807, 2.05) is 42.5 Å². The zero-order valence-corrected chi connectivity index (χ0v) is 19.6. The molecule has 1 N–H and O–H groups in total. The third-order valence-electron chi connectivity index (χ3n) is 4.48. The van der Waals surface area contributed by atoms with Crippen LogP contribution in [0.15, 0.2) is 53.4 Å². The molecule has 1 aliphatic heterocycles. The van der Waals surface area contributed by atoms with E-state index >= 15 is 0 Å². The van der Waals surface area contributed by atoms with Gasteiger partial charge < -0.3 is 10.2 Å². The summed E-state index contributed by atoms with van der Waals surface area (Å²) in [4.78, 5) is 17.3. The average molecular weight is 523 g/mol. The van der Waals surface area contributed by atoms with Gasteiger partial charge in [-0.2, -0.15) is 0 Å². The van der Waals surface area contributed by atoms with Gasteiger partial charge in [0.05, 0.1) is 11.6 Å². The van der Waals surface area contributed by atoms with Crippen LogP contribution in [0.25, 0.3) is 6.08 Å². The van der Waals surface area contributed by atoms with Crippen LogP contribution in [-0.2, 0) is 4.79 Å². The van der Waals surface area contributed by atoms with Gasteiger partial charge in [-0.3, -0.25) is 9.69 Å². The number of benzene rings is 2. The Bertz CT molecular complexity index is 878. The molecule has 0 spiro atoms. The number of hydrogen-bond acceptors (Lipinski definition) is 5. The van der Waals surface area contributed by atoms with E-state index in [1.54, 1.807) is 4.90 Å². The third-order valence-corrected chi connectivity index (χ3v) is 6.58. The number of anilines is 2. The maximum Gasteiger partial charge on any atom is 0.267 e. The van der Waals surface area contributed by atoms with Crippen LogP contribution in [0, 0.1) is 3.57 Å². The molecule has 1 amide bonds. The molecule has 1 saturated heterocycles. The molecule has 0 aromatic heterocycles. The van der Waals surface area contributed by atoms with Crippen LogP contribution >= 0.6 is 46.6 Å². The molecule has 1 heterocycles. The minimum Gasteiger partial charge on any atom is -0.372 e. The Hall–Kier alpha value is -1.58. The molecular formula is C21H22IN3OS2. The fraction of sp³-hybridized carbons (Fsp3) is 0.238. The number of thioether (sulfide) groups is 1. The molecular weight excluding hydrogens is 501 g/mol. The van der Waals surface area contributed by atoms with E-state index in [0.29, 0.717) is 15.9 Å². The van der Waals surface area contributed by atoms with Gasteiger partial charge in [0.2, 0.25) is 0 Å². The number of rotatable bonds is 7. The molecule has 0 radical (unpaired) electrons. The highest BCUT2D eigenvalue weighted by molar-refractivity contribution is 14.1. The van der Waals surface area contributed by atoms with Crippen molar-refractivity contribution >= 4 is 74.2 Å². The predicted molar refractivity (Wildman–Crippen MR) is 133 cm³/mol. The van der Waals surface area contributed by atoms with Crippen molar-refractivity contribution in [2.24, 2.45) is 0 Å². The Morgan fingerprint density at radius 1 is 1.11 bits per heavy atom. The van der Waals surface area contributed by atoms with Gasteiger partial charge in [-0.25, -0.2) is 0 Å². The third kappa shape index (κ3) is 5.07. The van der Waals surface area contributed by atoms with Crippen molar-refractivity contribution in [2.75, 3.05) is 30.0 Å². The summed E-state index contributed by atoms with van der Waals surface area (Å²) in [6.07, 6.45) is 1.91. The molecule has 1 fully saturated rings. The topological polar surface area (TPSA) is 35.6 Å². The lowest BCUT2D eigenvalue weighted by atomic mass is 10.1. The number of thiocarbonyl (C=S) groups is 1. The number of nitrogens with one attached hydrogen (secondary N) is 1. The monoisotopic (exact) mass is 523 g/mol. The summed E-state index contributed by atoms with van der Waals surface area (Å²) >= 11 is 9.03. The van der Waals surface area contributed by atoms with E-state index < -0.39 is 0 Å². The second kappa shape index (κ2) is 9.76. The van der Waals surface area contributed by atoms with Crippen molar-refractivity contribution in [3.05, 3.63) is 62.6 Å². The largest absolute Gasteiger partial charge is 0.372 e. The number of nitrogens with zero attached hydrogens (tertiary/aromatic N) is 2. The first kappa shape index (κ1) is 21.1. The smallest absolute Gasteiger partial charge is 0.267 e. The molecule has 4 nitrogen and oxygen atoms in total. The van der Waals surface area contributed by atoms with E-state index in [4.69, 9.17) is 12.2 Å². The van der Waals surface area contributed by atoms with Crippen LogP contribution in [0.4, 0.5) is 11.4 Å². The Kier molecular flexibility index (Phi) is 7.36. The van der Waals surface area contributed by atoms with Crippen molar-refractivity contribution in [1.29, 1.82) is 0 Å². The minimum absolute atomic E-state index is 0.0548. The molecule has 0 unspecified atom stereocenters. The number of amides is 1. The van der Waals surface area contributed by atoms with Crippen LogP contribution in [0.3, 0.4) is 0 Å².